The first kappa shape index (κ1) is 10.6. The average molecular weight is 250 g/mol. The summed E-state index contributed by atoms with van der Waals surface area (Å²) in [6, 6.07) is 12.4. The molecule has 0 fully saturated rings. The van der Waals surface area contributed by atoms with Crippen LogP contribution in [0.2, 0.25) is 0 Å². The molecular formula is C15H14N4. The third-order valence-corrected chi connectivity index (χ3v) is 3.79. The van der Waals surface area contributed by atoms with E-state index in [-0.39, 0.29) is 0 Å². The van der Waals surface area contributed by atoms with Gasteiger partial charge in [0, 0.05) is 12.5 Å². The molecule has 1 unspecified atom stereocenters. The Balaban J connectivity index is 1.89. The van der Waals surface area contributed by atoms with E-state index in [1.54, 1.807) is 6.20 Å². The van der Waals surface area contributed by atoms with E-state index in [1.165, 1.54) is 5.56 Å². The van der Waals surface area contributed by atoms with E-state index in [0.29, 0.717) is 11.6 Å². The first-order chi connectivity index (χ1) is 9.33. The maximum absolute atomic E-state index is 5.78. The fraction of sp³-hybridized carbons (Fsp3) is 0.200. The monoisotopic (exact) mass is 250 g/mol. The van der Waals surface area contributed by atoms with Gasteiger partial charge < -0.3 is 10.3 Å². The second kappa shape index (κ2) is 3.82. The zero-order valence-electron chi connectivity index (χ0n) is 10.5. The molecule has 19 heavy (non-hydrogen) atoms. The number of hydrogen-bond acceptors (Lipinski definition) is 3. The van der Waals surface area contributed by atoms with Crippen LogP contribution in [-0.2, 0) is 6.54 Å². The quantitative estimate of drug-likeness (QED) is 0.722. The van der Waals surface area contributed by atoms with Gasteiger partial charge in [-0.05, 0) is 18.1 Å². The molecule has 0 amide bonds. The van der Waals surface area contributed by atoms with Crippen LogP contribution in [-0.4, -0.2) is 14.5 Å². The third kappa shape index (κ3) is 1.53. The SMILES string of the molecule is Nc1cnc2c(c1)nc1n2CCC1c1ccccc1. The van der Waals surface area contributed by atoms with Crippen LogP contribution in [0.15, 0.2) is 42.6 Å². The molecule has 2 N–H and O–H groups in total. The number of aryl methyl sites for hydroxylation is 1. The minimum absolute atomic E-state index is 0.372. The van der Waals surface area contributed by atoms with Crippen molar-refractivity contribution in [1.29, 1.82) is 0 Å². The molecule has 4 rings (SSSR count). The van der Waals surface area contributed by atoms with Crippen molar-refractivity contribution < 1.29 is 0 Å². The van der Waals surface area contributed by atoms with Gasteiger partial charge in [0.25, 0.3) is 0 Å². The summed E-state index contributed by atoms with van der Waals surface area (Å²) in [7, 11) is 0. The molecule has 0 bridgehead atoms. The van der Waals surface area contributed by atoms with Crippen LogP contribution in [0.4, 0.5) is 5.69 Å². The molecule has 4 nitrogen and oxygen atoms in total. The number of benzene rings is 1. The molecule has 2 aromatic heterocycles. The Morgan fingerprint density at radius 1 is 1.21 bits per heavy atom. The van der Waals surface area contributed by atoms with Crippen LogP contribution in [0.25, 0.3) is 11.2 Å². The van der Waals surface area contributed by atoms with Crippen LogP contribution in [0.5, 0.6) is 0 Å². The molecule has 4 heteroatoms. The summed E-state index contributed by atoms with van der Waals surface area (Å²) < 4.78 is 2.21. The summed E-state index contributed by atoms with van der Waals surface area (Å²) in [4.78, 5) is 9.15. The number of pyridine rings is 1. The number of nitrogen functional groups attached to an aromatic ring is 1. The standard InChI is InChI=1S/C15H14N4/c16-11-8-13-15(17-9-11)19-7-6-12(14(19)18-13)10-4-2-1-3-5-10/h1-5,8-9,12H,6-7,16H2. The number of fused-ring (bicyclic) bond motifs is 3. The zero-order chi connectivity index (χ0) is 12.8. The number of rotatable bonds is 1. The van der Waals surface area contributed by atoms with Crippen LogP contribution in [0.3, 0.4) is 0 Å². The fourth-order valence-corrected chi connectivity index (χ4v) is 2.92. The molecule has 0 aliphatic carbocycles. The van der Waals surface area contributed by atoms with Gasteiger partial charge in [0.15, 0.2) is 5.65 Å². The average Bonchev–Trinajstić information content (AvgIpc) is 2.97. The van der Waals surface area contributed by atoms with E-state index in [1.807, 2.05) is 12.1 Å². The van der Waals surface area contributed by atoms with Gasteiger partial charge in [-0.2, -0.15) is 0 Å². The first-order valence-electron chi connectivity index (χ1n) is 6.49. The highest BCUT2D eigenvalue weighted by Crippen LogP contribution is 2.35. The van der Waals surface area contributed by atoms with Crippen molar-refractivity contribution in [3.05, 3.63) is 54.0 Å². The summed E-state index contributed by atoms with van der Waals surface area (Å²) in [6.07, 6.45) is 2.79. The van der Waals surface area contributed by atoms with Gasteiger partial charge in [-0.15, -0.1) is 0 Å². The molecule has 0 radical (unpaired) electrons. The molecule has 1 aromatic carbocycles. The highest BCUT2D eigenvalue weighted by molar-refractivity contribution is 5.75. The van der Waals surface area contributed by atoms with Gasteiger partial charge in [-0.3, -0.25) is 0 Å². The Labute approximate surface area is 110 Å². The smallest absolute Gasteiger partial charge is 0.160 e. The van der Waals surface area contributed by atoms with E-state index in [0.717, 1.165) is 30.0 Å². The minimum Gasteiger partial charge on any atom is -0.397 e. The maximum atomic E-state index is 5.78. The van der Waals surface area contributed by atoms with Gasteiger partial charge >= 0.3 is 0 Å². The number of nitrogens with two attached hydrogens (primary N) is 1. The van der Waals surface area contributed by atoms with Gasteiger partial charge in [-0.1, -0.05) is 30.3 Å². The van der Waals surface area contributed by atoms with Gasteiger partial charge in [0.05, 0.1) is 11.9 Å². The number of imidazole rings is 1. The highest BCUT2D eigenvalue weighted by Gasteiger charge is 2.28. The van der Waals surface area contributed by atoms with Crippen molar-refractivity contribution in [1.82, 2.24) is 14.5 Å². The van der Waals surface area contributed by atoms with Gasteiger partial charge in [0.2, 0.25) is 0 Å². The zero-order valence-corrected chi connectivity index (χ0v) is 10.5. The van der Waals surface area contributed by atoms with Gasteiger partial charge in [0.1, 0.15) is 11.3 Å². The van der Waals surface area contributed by atoms with Crippen molar-refractivity contribution in [3.63, 3.8) is 0 Å². The van der Waals surface area contributed by atoms with Crippen molar-refractivity contribution in [3.8, 4) is 0 Å². The van der Waals surface area contributed by atoms with E-state index in [9.17, 15) is 0 Å². The van der Waals surface area contributed by atoms with Gasteiger partial charge in [-0.25, -0.2) is 9.97 Å². The van der Waals surface area contributed by atoms with Crippen LogP contribution in [0.1, 0.15) is 23.7 Å². The lowest BCUT2D eigenvalue weighted by Gasteiger charge is -2.07. The largest absolute Gasteiger partial charge is 0.397 e. The number of aromatic nitrogens is 3. The Hall–Kier alpha value is -2.36. The lowest BCUT2D eigenvalue weighted by Crippen LogP contribution is -1.97. The van der Waals surface area contributed by atoms with Crippen molar-refractivity contribution in [2.75, 3.05) is 5.73 Å². The summed E-state index contributed by atoms with van der Waals surface area (Å²) >= 11 is 0. The van der Waals surface area contributed by atoms with Crippen LogP contribution in [0, 0.1) is 0 Å². The van der Waals surface area contributed by atoms with Crippen LogP contribution >= 0.6 is 0 Å². The lowest BCUT2D eigenvalue weighted by molar-refractivity contribution is 0.730. The summed E-state index contributed by atoms with van der Waals surface area (Å²) in [5, 5.41) is 0. The molecule has 3 heterocycles. The predicted octanol–water partition coefficient (Wildman–Crippen LogP) is 2.55. The number of anilines is 1. The molecule has 1 aliphatic heterocycles. The number of nitrogens with zero attached hydrogens (tertiary/aromatic N) is 3. The molecule has 3 aromatic rings. The summed E-state index contributed by atoms with van der Waals surface area (Å²) in [5.41, 5.74) is 9.61. The first-order valence-corrected chi connectivity index (χ1v) is 6.49. The normalized spacial score (nSPS) is 17.8. The fourth-order valence-electron chi connectivity index (χ4n) is 2.92. The third-order valence-electron chi connectivity index (χ3n) is 3.79. The molecule has 0 saturated heterocycles. The van der Waals surface area contributed by atoms with E-state index >= 15 is 0 Å². The molecule has 1 atom stereocenters. The maximum Gasteiger partial charge on any atom is 0.160 e. The Bertz CT molecular complexity index is 745. The molecule has 1 aliphatic rings. The predicted molar refractivity (Wildman–Crippen MR) is 74.8 cm³/mol. The highest BCUT2D eigenvalue weighted by atomic mass is 15.2. The topological polar surface area (TPSA) is 56.7 Å². The van der Waals surface area contributed by atoms with Crippen molar-refractivity contribution in [2.24, 2.45) is 0 Å². The molecular weight excluding hydrogens is 236 g/mol. The molecule has 94 valence electrons. The minimum atomic E-state index is 0.372. The van der Waals surface area contributed by atoms with Crippen molar-refractivity contribution in [2.45, 2.75) is 18.9 Å². The number of hydrogen-bond donors (Lipinski definition) is 1. The Morgan fingerprint density at radius 3 is 2.89 bits per heavy atom. The molecule has 0 saturated carbocycles. The van der Waals surface area contributed by atoms with E-state index in [4.69, 9.17) is 10.7 Å². The van der Waals surface area contributed by atoms with E-state index in [2.05, 4.69) is 33.8 Å². The van der Waals surface area contributed by atoms with Crippen molar-refractivity contribution >= 4 is 16.9 Å². The Kier molecular flexibility index (Phi) is 2.12. The summed E-state index contributed by atoms with van der Waals surface area (Å²) in [6.45, 7) is 0.975. The second-order valence-electron chi connectivity index (χ2n) is 4.98. The summed E-state index contributed by atoms with van der Waals surface area (Å²) in [5.74, 6) is 1.48. The second-order valence-corrected chi connectivity index (χ2v) is 4.98. The Morgan fingerprint density at radius 2 is 2.05 bits per heavy atom. The lowest BCUT2D eigenvalue weighted by atomic mass is 9.97. The molecule has 0 spiro atoms. The van der Waals surface area contributed by atoms with Crippen LogP contribution < -0.4 is 5.73 Å². The van der Waals surface area contributed by atoms with E-state index < -0.39 is 0 Å².